The van der Waals surface area contributed by atoms with E-state index in [-0.39, 0.29) is 0 Å². The number of likely N-dealkylation sites (tertiary alicyclic amines) is 1. The van der Waals surface area contributed by atoms with Crippen LogP contribution < -0.4 is 10.1 Å². The van der Waals surface area contributed by atoms with E-state index in [0.29, 0.717) is 11.3 Å². The molecule has 5 atom stereocenters. The lowest BCUT2D eigenvalue weighted by molar-refractivity contribution is -0.178. The number of sulfone groups is 1. The summed E-state index contributed by atoms with van der Waals surface area (Å²) in [5.41, 5.74) is -0.480. The molecule has 278 valence electrons. The third-order valence-electron chi connectivity index (χ3n) is 8.09. The average molecular weight is 729 g/mol. The molecule has 1 aliphatic rings. The smallest absolute Gasteiger partial charge is 0.405 e. The summed E-state index contributed by atoms with van der Waals surface area (Å²) in [6.45, 7) is 6.38. The Morgan fingerprint density at radius 2 is 1.57 bits per heavy atom. The van der Waals surface area contributed by atoms with E-state index in [0.717, 1.165) is 10.2 Å². The largest absolute Gasteiger partial charge is 0.497 e. The molecule has 17 heteroatoms. The zero-order valence-corrected chi connectivity index (χ0v) is 29.3. The Bertz CT molecular complexity index is 1440. The molecule has 0 saturated carbocycles. The summed E-state index contributed by atoms with van der Waals surface area (Å²) >= 11 is 0. The van der Waals surface area contributed by atoms with Crippen molar-refractivity contribution < 1.29 is 64.1 Å². The highest BCUT2D eigenvalue weighted by molar-refractivity contribution is 7.91. The first kappa shape index (κ1) is 41.8. The van der Waals surface area contributed by atoms with E-state index in [1.165, 1.54) is 40.0 Å². The van der Waals surface area contributed by atoms with E-state index in [1.807, 2.05) is 0 Å². The Morgan fingerprint density at radius 3 is 2.06 bits per heavy atom. The van der Waals surface area contributed by atoms with Gasteiger partial charge in [-0.25, -0.2) is 8.42 Å². The molecule has 1 heterocycles. The highest BCUT2D eigenvalue weighted by Gasteiger charge is 2.53. The van der Waals surface area contributed by atoms with Crippen molar-refractivity contribution in [3.8, 4) is 5.75 Å². The van der Waals surface area contributed by atoms with Crippen molar-refractivity contribution in [1.29, 1.82) is 0 Å². The highest BCUT2D eigenvalue weighted by Crippen LogP contribution is 2.35. The number of carbonyl (C=O) groups excluding carboxylic acids is 4. The number of amides is 2. The van der Waals surface area contributed by atoms with Crippen molar-refractivity contribution >= 4 is 33.4 Å². The van der Waals surface area contributed by atoms with Gasteiger partial charge in [-0.05, 0) is 50.8 Å². The van der Waals surface area contributed by atoms with E-state index in [1.54, 1.807) is 32.9 Å². The maximum atomic E-state index is 14.9. The molecule has 1 fully saturated rings. The zero-order valence-electron chi connectivity index (χ0n) is 28.5. The number of hydrogen-bond acceptors (Lipinski definition) is 9. The summed E-state index contributed by atoms with van der Waals surface area (Å²) in [5.74, 6) is -13.2. The first-order valence-corrected chi connectivity index (χ1v) is 17.3. The number of Topliss-reactive ketones (excluding diaryl/α,β-unsaturated/α-hetero) is 1. The minimum atomic E-state index is -5.01. The van der Waals surface area contributed by atoms with Crippen molar-refractivity contribution in [3.63, 3.8) is 0 Å². The Morgan fingerprint density at radius 1 is 1.00 bits per heavy atom. The number of aliphatic hydroxyl groups excluding tert-OH is 1. The molecule has 1 saturated heterocycles. The predicted octanol–water partition coefficient (Wildman–Crippen LogP) is 3.85. The number of halogens is 5. The summed E-state index contributed by atoms with van der Waals surface area (Å²) < 4.78 is 105. The van der Waals surface area contributed by atoms with Gasteiger partial charge in [0.2, 0.25) is 5.91 Å². The summed E-state index contributed by atoms with van der Waals surface area (Å²) in [6.07, 6.45) is -9.63. The number of ether oxygens (including phenoxy) is 2. The fourth-order valence-electron chi connectivity index (χ4n) is 5.46. The van der Waals surface area contributed by atoms with Crippen LogP contribution in [0.15, 0.2) is 24.3 Å². The van der Waals surface area contributed by atoms with Crippen LogP contribution in [-0.2, 0) is 39.5 Å². The van der Waals surface area contributed by atoms with E-state index in [4.69, 9.17) is 9.47 Å². The van der Waals surface area contributed by atoms with Gasteiger partial charge in [0.25, 0.3) is 5.91 Å². The van der Waals surface area contributed by atoms with Gasteiger partial charge in [0, 0.05) is 24.8 Å². The standard InChI is InChI=1S/C32H45F5N2O9S/c1-18(2)23(27(42)32(36,37)29(44)38-17-31(33,34)35)14-25(40)24-13-22(49(45,46)16-20-8-10-21(47-7)11-9-20)15-39(24)28(43)19(3)12-26(41)48-30(4,5)6/h8-11,18-19,22-24,27,42H,12-17H2,1-7H3,(H,38,44)/t19-,22-,23+,24+,27-/m1/s1. The molecule has 0 radical (unpaired) electrons. The first-order chi connectivity index (χ1) is 22.3. The Balaban J connectivity index is 2.39. The molecule has 2 rings (SSSR count). The van der Waals surface area contributed by atoms with Crippen LogP contribution in [0.25, 0.3) is 0 Å². The molecule has 0 unspecified atom stereocenters. The lowest BCUT2D eigenvalue weighted by Gasteiger charge is -2.33. The number of alkyl halides is 5. The Labute approximate surface area is 282 Å². The molecular formula is C32H45F5N2O9S. The van der Waals surface area contributed by atoms with Crippen LogP contribution >= 0.6 is 0 Å². The van der Waals surface area contributed by atoms with Gasteiger partial charge in [0.05, 0.1) is 30.6 Å². The quantitative estimate of drug-likeness (QED) is 0.202. The second-order valence-electron chi connectivity index (χ2n) is 13.7. The van der Waals surface area contributed by atoms with Crippen LogP contribution in [0.1, 0.15) is 66.4 Å². The average Bonchev–Trinajstić information content (AvgIpc) is 3.43. The van der Waals surface area contributed by atoms with E-state index in [2.05, 4.69) is 0 Å². The van der Waals surface area contributed by atoms with Crippen molar-refractivity contribution in [2.24, 2.45) is 17.8 Å². The van der Waals surface area contributed by atoms with Gasteiger partial charge in [-0.15, -0.1) is 0 Å². The molecule has 2 N–H and O–H groups in total. The lowest BCUT2D eigenvalue weighted by atomic mass is 9.81. The van der Waals surface area contributed by atoms with E-state index < -0.39 is 124 Å². The molecule has 0 aliphatic carbocycles. The third-order valence-corrected chi connectivity index (χ3v) is 10.2. The molecule has 49 heavy (non-hydrogen) atoms. The normalized spacial score (nSPS) is 19.3. The third kappa shape index (κ3) is 11.9. The van der Waals surface area contributed by atoms with Crippen LogP contribution in [0.4, 0.5) is 22.0 Å². The maximum Gasteiger partial charge on any atom is 0.405 e. The molecule has 0 bridgehead atoms. The Kier molecular flexibility index (Phi) is 13.8. The van der Waals surface area contributed by atoms with Crippen LogP contribution in [0.3, 0.4) is 0 Å². The number of carbonyl (C=O) groups is 4. The molecule has 1 aromatic rings. The molecular weight excluding hydrogens is 683 g/mol. The van der Waals surface area contributed by atoms with Crippen molar-refractivity contribution in [3.05, 3.63) is 29.8 Å². The van der Waals surface area contributed by atoms with Crippen molar-refractivity contribution in [2.75, 3.05) is 20.2 Å². The molecule has 0 aromatic heterocycles. The van der Waals surface area contributed by atoms with Gasteiger partial charge in [-0.1, -0.05) is 32.9 Å². The molecule has 1 aliphatic heterocycles. The minimum absolute atomic E-state index is 0.390. The van der Waals surface area contributed by atoms with Crippen molar-refractivity contribution in [1.82, 2.24) is 10.2 Å². The summed E-state index contributed by atoms with van der Waals surface area (Å²) in [5, 5.41) is 10.3. The second kappa shape index (κ2) is 16.1. The fraction of sp³-hybridized carbons (Fsp3) is 0.688. The number of esters is 1. The monoisotopic (exact) mass is 728 g/mol. The lowest BCUT2D eigenvalue weighted by Crippen LogP contribution is -2.54. The highest BCUT2D eigenvalue weighted by atomic mass is 32.2. The maximum absolute atomic E-state index is 14.9. The molecule has 0 spiro atoms. The van der Waals surface area contributed by atoms with Crippen LogP contribution in [-0.4, -0.2) is 97.3 Å². The number of aliphatic hydroxyl groups is 1. The number of nitrogens with one attached hydrogen (secondary N) is 1. The number of nitrogens with zero attached hydrogens (tertiary/aromatic N) is 1. The second-order valence-corrected chi connectivity index (χ2v) is 15.9. The van der Waals surface area contributed by atoms with E-state index >= 15 is 0 Å². The first-order valence-electron chi connectivity index (χ1n) is 15.6. The topological polar surface area (TPSA) is 156 Å². The summed E-state index contributed by atoms with van der Waals surface area (Å²) in [4.78, 5) is 52.9. The number of ketones is 1. The van der Waals surface area contributed by atoms with Crippen LogP contribution in [0.2, 0.25) is 0 Å². The van der Waals surface area contributed by atoms with Gasteiger partial charge in [-0.2, -0.15) is 22.0 Å². The van der Waals surface area contributed by atoms with Crippen LogP contribution in [0, 0.1) is 17.8 Å². The van der Waals surface area contributed by atoms with E-state index in [9.17, 15) is 54.7 Å². The van der Waals surface area contributed by atoms with Gasteiger partial charge in [-0.3, -0.25) is 19.2 Å². The van der Waals surface area contributed by atoms with Crippen molar-refractivity contribution in [2.45, 2.75) is 102 Å². The minimum Gasteiger partial charge on any atom is -0.497 e. The van der Waals surface area contributed by atoms with Gasteiger partial charge in [0.1, 0.15) is 24.0 Å². The summed E-state index contributed by atoms with van der Waals surface area (Å²) in [7, 11) is -2.61. The van der Waals surface area contributed by atoms with Gasteiger partial charge in [0.15, 0.2) is 15.6 Å². The number of methoxy groups -OCH3 is 1. The fourth-order valence-corrected chi connectivity index (χ4v) is 7.22. The zero-order chi connectivity index (χ0) is 37.7. The predicted molar refractivity (Wildman–Crippen MR) is 167 cm³/mol. The number of benzene rings is 1. The molecule has 2 amide bonds. The SMILES string of the molecule is COc1ccc(CS(=O)(=O)[C@@H]2C[C@@H](C(=O)C[C@@H](C(C)C)[C@@H](O)C(F)(F)C(=O)NCC(F)(F)F)N(C(=O)[C@H](C)CC(=O)OC(C)(C)C)C2)cc1. The number of rotatable bonds is 15. The Hall–Kier alpha value is -3.34. The summed E-state index contributed by atoms with van der Waals surface area (Å²) in [6, 6.07) is 4.68. The number of hydrogen-bond donors (Lipinski definition) is 2. The van der Waals surface area contributed by atoms with Crippen LogP contribution in [0.5, 0.6) is 5.75 Å². The van der Waals surface area contributed by atoms with Gasteiger partial charge < -0.3 is 24.8 Å². The van der Waals surface area contributed by atoms with Gasteiger partial charge >= 0.3 is 18.1 Å². The molecule has 1 aromatic carbocycles. The molecule has 11 nitrogen and oxygen atoms in total.